The maximum absolute atomic E-state index is 13.3. The van der Waals surface area contributed by atoms with E-state index in [1.165, 1.54) is 30.4 Å². The zero-order chi connectivity index (χ0) is 48.2. The molecule has 11 nitrogen and oxygen atoms in total. The Balaban J connectivity index is 1.03. The Hall–Kier alpha value is -7.45. The van der Waals surface area contributed by atoms with Gasteiger partial charge in [0.15, 0.2) is 11.5 Å². The van der Waals surface area contributed by atoms with Gasteiger partial charge in [-0.25, -0.2) is 19.2 Å². The number of unbranched alkanes of at least 4 members (excludes halogenated alkanes) is 12. The van der Waals surface area contributed by atoms with Gasteiger partial charge in [-0.2, -0.15) is 5.26 Å². The summed E-state index contributed by atoms with van der Waals surface area (Å²) in [4.78, 5) is 48.8. The van der Waals surface area contributed by atoms with Crippen molar-refractivity contribution in [3.8, 4) is 51.3 Å². The Morgan fingerprint density at radius 1 is 0.426 bits per heavy atom. The fourth-order valence-corrected chi connectivity index (χ4v) is 7.16. The van der Waals surface area contributed by atoms with E-state index in [0.717, 1.165) is 124 Å². The van der Waals surface area contributed by atoms with Gasteiger partial charge in [0.2, 0.25) is 0 Å². The summed E-state index contributed by atoms with van der Waals surface area (Å²) in [6.07, 6.45) is 17.1. The van der Waals surface area contributed by atoms with Crippen molar-refractivity contribution in [2.45, 2.75) is 89.9 Å². The predicted molar refractivity (Wildman–Crippen MR) is 263 cm³/mol. The Morgan fingerprint density at radius 3 is 1.13 bits per heavy atom. The topological polar surface area (TPSA) is 147 Å². The van der Waals surface area contributed by atoms with E-state index in [9.17, 15) is 24.4 Å². The number of hydrogen-bond acceptors (Lipinski definition) is 11. The van der Waals surface area contributed by atoms with Crippen LogP contribution in [0, 0.1) is 11.3 Å². The summed E-state index contributed by atoms with van der Waals surface area (Å²) in [5, 5.41) is 9.56. The van der Waals surface area contributed by atoms with Gasteiger partial charge in [0, 0.05) is 18.2 Å². The Morgan fingerprint density at radius 2 is 0.765 bits per heavy atom. The molecule has 0 spiro atoms. The molecule has 0 radical (unpaired) electrons. The molecule has 0 aromatic heterocycles. The summed E-state index contributed by atoms with van der Waals surface area (Å²) < 4.78 is 33.3. The second kappa shape index (κ2) is 29.2. The molecule has 0 saturated heterocycles. The molecule has 0 fully saturated rings. The van der Waals surface area contributed by atoms with Gasteiger partial charge in [-0.15, -0.1) is 0 Å². The first-order chi connectivity index (χ1) is 33.3. The molecule has 5 aromatic rings. The van der Waals surface area contributed by atoms with Crippen LogP contribution in [-0.2, 0) is 19.1 Å². The highest BCUT2D eigenvalue weighted by Gasteiger charge is 2.18. The summed E-state index contributed by atoms with van der Waals surface area (Å²) in [5.41, 5.74) is 4.51. The lowest BCUT2D eigenvalue weighted by Gasteiger charge is -2.12. The van der Waals surface area contributed by atoms with Crippen molar-refractivity contribution in [1.29, 1.82) is 5.26 Å². The van der Waals surface area contributed by atoms with Crippen LogP contribution in [-0.4, -0.2) is 50.3 Å². The molecular formula is C57H61NO10. The van der Waals surface area contributed by atoms with Crippen LogP contribution in [0.15, 0.2) is 141 Å². The first kappa shape index (κ1) is 51.5. The zero-order valence-corrected chi connectivity index (χ0v) is 38.8. The third kappa shape index (κ3) is 18.1. The summed E-state index contributed by atoms with van der Waals surface area (Å²) in [6, 6.07) is 35.9. The van der Waals surface area contributed by atoms with Gasteiger partial charge >= 0.3 is 23.9 Å². The number of ether oxygens (including phenoxy) is 6. The second-order valence-corrected chi connectivity index (χ2v) is 16.1. The minimum Gasteiger partial charge on any atom is -0.494 e. The number of nitrogens with zero attached hydrogens (tertiary/aromatic N) is 1. The van der Waals surface area contributed by atoms with Gasteiger partial charge < -0.3 is 28.4 Å². The Kier molecular flexibility index (Phi) is 22.2. The lowest BCUT2D eigenvalue weighted by Crippen LogP contribution is -2.13. The molecule has 354 valence electrons. The van der Waals surface area contributed by atoms with Crippen molar-refractivity contribution < 1.29 is 47.6 Å². The van der Waals surface area contributed by atoms with Gasteiger partial charge in [0.05, 0.1) is 49.2 Å². The van der Waals surface area contributed by atoms with E-state index in [1.807, 2.05) is 78.9 Å². The van der Waals surface area contributed by atoms with Gasteiger partial charge in [-0.05, 0) is 109 Å². The number of hydrogen-bond donors (Lipinski definition) is 0. The van der Waals surface area contributed by atoms with Crippen molar-refractivity contribution in [2.75, 3.05) is 26.4 Å². The number of rotatable bonds is 30. The van der Waals surface area contributed by atoms with E-state index in [2.05, 4.69) is 13.2 Å². The average molecular weight is 920 g/mol. The number of carbonyl (C=O) groups excluding carboxylic acids is 4. The fourth-order valence-electron chi connectivity index (χ4n) is 7.16. The van der Waals surface area contributed by atoms with Crippen LogP contribution in [0.1, 0.15) is 116 Å². The van der Waals surface area contributed by atoms with E-state index in [4.69, 9.17) is 28.4 Å². The molecule has 0 bridgehead atoms. The third-order valence-corrected chi connectivity index (χ3v) is 11.0. The summed E-state index contributed by atoms with van der Waals surface area (Å²) in [6.45, 7) is 8.95. The first-order valence-corrected chi connectivity index (χ1v) is 23.5. The molecule has 0 N–H and O–H groups in total. The van der Waals surface area contributed by atoms with E-state index < -0.39 is 11.9 Å². The molecule has 11 heteroatoms. The van der Waals surface area contributed by atoms with E-state index >= 15 is 0 Å². The van der Waals surface area contributed by atoms with E-state index in [-0.39, 0.29) is 34.6 Å². The normalized spacial score (nSPS) is 10.6. The Bertz CT molecular complexity index is 2420. The number of benzene rings is 5. The maximum atomic E-state index is 13.3. The van der Waals surface area contributed by atoms with Crippen LogP contribution in [0.2, 0.25) is 0 Å². The second-order valence-electron chi connectivity index (χ2n) is 16.1. The molecule has 0 atom stereocenters. The molecule has 5 rings (SSSR count). The third-order valence-electron chi connectivity index (χ3n) is 11.0. The van der Waals surface area contributed by atoms with Crippen molar-refractivity contribution in [1.82, 2.24) is 0 Å². The van der Waals surface area contributed by atoms with E-state index in [0.29, 0.717) is 32.0 Å². The smallest absolute Gasteiger partial charge is 0.343 e. The standard InChI is InChI=1S/C57H61NO10/c1-3-54(59)65-39-17-13-9-5-7-11-15-37-63-50-32-28-46(29-33-50)44-20-24-48(25-21-44)56(61)67-52-36-19-43(42-58)41-53(52)68-57(62)49-26-22-45(23-27-49)47-30-34-51(35-31-47)64-38-16-12-8-6-10-14-18-40-66-55(60)4-2/h3-4,19-36,41H,1-2,5-18,37-40H2. The lowest BCUT2D eigenvalue weighted by molar-refractivity contribution is -0.138. The molecular weight excluding hydrogens is 859 g/mol. The fraction of sp³-hybridized carbons (Fsp3) is 0.316. The highest BCUT2D eigenvalue weighted by molar-refractivity contribution is 5.94. The summed E-state index contributed by atoms with van der Waals surface area (Å²) in [5.74, 6) is -0.548. The summed E-state index contributed by atoms with van der Waals surface area (Å²) in [7, 11) is 0. The monoisotopic (exact) mass is 919 g/mol. The van der Waals surface area contributed by atoms with Crippen LogP contribution in [0.25, 0.3) is 22.3 Å². The SMILES string of the molecule is C=CC(=O)OCCCCCCCCCOc1ccc(-c2ccc(C(=O)Oc3ccc(C#N)cc3OC(=O)c3ccc(-c4ccc(OCCCCCCCCCOC(=O)C=C)cc4)cc3)cc2)cc1. The van der Waals surface area contributed by atoms with Crippen LogP contribution < -0.4 is 18.9 Å². The molecule has 0 aliphatic heterocycles. The number of esters is 4. The minimum absolute atomic E-state index is 0.000865. The molecule has 0 aliphatic carbocycles. The van der Waals surface area contributed by atoms with Gasteiger partial charge in [0.1, 0.15) is 11.5 Å². The molecule has 5 aromatic carbocycles. The summed E-state index contributed by atoms with van der Waals surface area (Å²) >= 11 is 0. The van der Waals surface area contributed by atoms with Crippen LogP contribution >= 0.6 is 0 Å². The first-order valence-electron chi connectivity index (χ1n) is 23.5. The van der Waals surface area contributed by atoms with Crippen LogP contribution in [0.3, 0.4) is 0 Å². The van der Waals surface area contributed by atoms with Gasteiger partial charge in [0.25, 0.3) is 0 Å². The molecule has 68 heavy (non-hydrogen) atoms. The quantitative estimate of drug-likeness (QED) is 0.0188. The van der Waals surface area contributed by atoms with Crippen LogP contribution in [0.5, 0.6) is 23.0 Å². The van der Waals surface area contributed by atoms with Gasteiger partial charge in [-0.1, -0.05) is 126 Å². The van der Waals surface area contributed by atoms with Crippen molar-refractivity contribution in [3.63, 3.8) is 0 Å². The van der Waals surface area contributed by atoms with Crippen molar-refractivity contribution >= 4 is 23.9 Å². The number of carbonyl (C=O) groups is 4. The highest BCUT2D eigenvalue weighted by atomic mass is 16.6. The Labute approximate surface area is 400 Å². The van der Waals surface area contributed by atoms with Crippen LogP contribution in [0.4, 0.5) is 0 Å². The van der Waals surface area contributed by atoms with Gasteiger partial charge in [-0.3, -0.25) is 0 Å². The molecule has 0 aliphatic rings. The minimum atomic E-state index is -0.676. The molecule has 0 amide bonds. The maximum Gasteiger partial charge on any atom is 0.343 e. The molecule has 0 saturated carbocycles. The predicted octanol–water partition coefficient (Wildman–Crippen LogP) is 13.0. The highest BCUT2D eigenvalue weighted by Crippen LogP contribution is 2.31. The average Bonchev–Trinajstić information content (AvgIpc) is 3.37. The lowest BCUT2D eigenvalue weighted by atomic mass is 10.0. The number of nitriles is 1. The van der Waals surface area contributed by atoms with Crippen molar-refractivity contribution in [2.24, 2.45) is 0 Å². The largest absolute Gasteiger partial charge is 0.494 e. The molecule has 0 heterocycles. The van der Waals surface area contributed by atoms with Crippen molar-refractivity contribution in [3.05, 3.63) is 157 Å². The molecule has 0 unspecified atom stereocenters. The zero-order valence-electron chi connectivity index (χ0n) is 38.8. The van der Waals surface area contributed by atoms with E-state index in [1.54, 1.807) is 24.3 Å².